The van der Waals surface area contributed by atoms with Gasteiger partial charge in [0.15, 0.2) is 11.4 Å². The molecule has 28 heavy (non-hydrogen) atoms. The highest BCUT2D eigenvalue weighted by Gasteiger charge is 2.39. The molecule has 9 nitrogen and oxygen atoms in total. The average Bonchev–Trinajstić information content (AvgIpc) is 3.36. The standard InChI is InChI=1S/C18H25N5O4S/c1-4-5-8-18(21-22-18)9-10-19-17(24)15-7-6-11-23(12-15)28(25,26)16-13(2)20-27-14(16)3/h1,15H,5-12H2,2-3H3,(H,19,24). The molecule has 1 unspecified atom stereocenters. The van der Waals surface area contributed by atoms with E-state index in [1.165, 1.54) is 4.31 Å². The van der Waals surface area contributed by atoms with Crippen molar-refractivity contribution >= 4 is 15.9 Å². The molecule has 1 amide bonds. The van der Waals surface area contributed by atoms with Gasteiger partial charge in [0.05, 0.1) is 5.92 Å². The predicted octanol–water partition coefficient (Wildman–Crippen LogP) is 1.77. The third kappa shape index (κ3) is 4.25. The number of terminal acetylenes is 1. The first-order chi connectivity index (χ1) is 13.3. The number of amides is 1. The van der Waals surface area contributed by atoms with Crippen LogP contribution in [0.15, 0.2) is 19.6 Å². The van der Waals surface area contributed by atoms with Gasteiger partial charge in [-0.25, -0.2) is 8.42 Å². The van der Waals surface area contributed by atoms with E-state index in [4.69, 9.17) is 10.9 Å². The van der Waals surface area contributed by atoms with E-state index < -0.39 is 21.6 Å². The first-order valence-electron chi connectivity index (χ1n) is 9.37. The van der Waals surface area contributed by atoms with E-state index in [2.05, 4.69) is 26.6 Å². The summed E-state index contributed by atoms with van der Waals surface area (Å²) < 4.78 is 32.3. The fourth-order valence-corrected chi connectivity index (χ4v) is 5.36. The molecule has 2 aliphatic rings. The van der Waals surface area contributed by atoms with E-state index in [-0.39, 0.29) is 23.1 Å². The highest BCUT2D eigenvalue weighted by molar-refractivity contribution is 7.89. The van der Waals surface area contributed by atoms with Gasteiger partial charge in [-0.3, -0.25) is 4.79 Å². The summed E-state index contributed by atoms with van der Waals surface area (Å²) in [5.74, 6) is 2.30. The molecule has 0 spiro atoms. The molecule has 0 bridgehead atoms. The summed E-state index contributed by atoms with van der Waals surface area (Å²) >= 11 is 0. The van der Waals surface area contributed by atoms with Crippen LogP contribution in [0.25, 0.3) is 0 Å². The zero-order chi connectivity index (χ0) is 20.4. The van der Waals surface area contributed by atoms with E-state index in [0.29, 0.717) is 50.9 Å². The molecule has 2 aliphatic heterocycles. The van der Waals surface area contributed by atoms with Crippen molar-refractivity contribution in [1.82, 2.24) is 14.8 Å². The van der Waals surface area contributed by atoms with Crippen molar-refractivity contribution in [3.63, 3.8) is 0 Å². The van der Waals surface area contributed by atoms with Crippen LogP contribution < -0.4 is 5.32 Å². The molecule has 3 rings (SSSR count). The summed E-state index contributed by atoms with van der Waals surface area (Å²) in [6.45, 7) is 4.13. The number of piperidine rings is 1. The van der Waals surface area contributed by atoms with Crippen LogP contribution in [0, 0.1) is 32.1 Å². The Morgan fingerprint density at radius 3 is 2.75 bits per heavy atom. The van der Waals surface area contributed by atoms with Crippen LogP contribution in [0.4, 0.5) is 0 Å². The number of sulfonamides is 1. The molecule has 152 valence electrons. The normalized spacial score (nSPS) is 21.2. The minimum Gasteiger partial charge on any atom is -0.360 e. The number of aromatic nitrogens is 1. The van der Waals surface area contributed by atoms with Gasteiger partial charge in [0.1, 0.15) is 10.6 Å². The van der Waals surface area contributed by atoms with Gasteiger partial charge in [0, 0.05) is 38.9 Å². The minimum absolute atomic E-state index is 0.0981. The summed E-state index contributed by atoms with van der Waals surface area (Å²) in [6, 6.07) is 0. The summed E-state index contributed by atoms with van der Waals surface area (Å²) in [6.07, 6.45) is 8.43. The van der Waals surface area contributed by atoms with Crippen LogP contribution in [0.1, 0.15) is 43.6 Å². The number of nitrogens with zero attached hydrogens (tertiary/aromatic N) is 4. The van der Waals surface area contributed by atoms with Gasteiger partial charge in [0.25, 0.3) is 0 Å². The second-order valence-corrected chi connectivity index (χ2v) is 9.16. The maximum Gasteiger partial charge on any atom is 0.248 e. The highest BCUT2D eigenvalue weighted by Crippen LogP contribution is 2.36. The Labute approximate surface area is 165 Å². The van der Waals surface area contributed by atoms with E-state index in [0.717, 1.165) is 0 Å². The van der Waals surface area contributed by atoms with Crippen molar-refractivity contribution in [3.8, 4) is 12.3 Å². The summed E-state index contributed by atoms with van der Waals surface area (Å²) in [5, 5.41) is 14.7. The van der Waals surface area contributed by atoms with Crippen LogP contribution in [0.3, 0.4) is 0 Å². The topological polar surface area (TPSA) is 117 Å². The average molecular weight is 407 g/mol. The molecule has 1 fully saturated rings. The lowest BCUT2D eigenvalue weighted by Crippen LogP contribution is -2.46. The summed E-state index contributed by atoms with van der Waals surface area (Å²) in [5.41, 5.74) is -0.108. The Bertz CT molecular complexity index is 889. The third-order valence-corrected chi connectivity index (χ3v) is 7.31. The van der Waals surface area contributed by atoms with Crippen molar-refractivity contribution in [2.24, 2.45) is 16.1 Å². The number of rotatable bonds is 8. The number of hydrogen-bond donors (Lipinski definition) is 1. The molecule has 1 aromatic heterocycles. The van der Waals surface area contributed by atoms with E-state index >= 15 is 0 Å². The van der Waals surface area contributed by atoms with Gasteiger partial charge in [0.2, 0.25) is 15.9 Å². The Morgan fingerprint density at radius 2 is 2.14 bits per heavy atom. The Hall–Kier alpha value is -2.25. The van der Waals surface area contributed by atoms with Gasteiger partial charge in [-0.1, -0.05) is 5.16 Å². The molecule has 1 saturated heterocycles. The van der Waals surface area contributed by atoms with E-state index in [1.54, 1.807) is 13.8 Å². The number of aryl methyl sites for hydroxylation is 2. The first-order valence-corrected chi connectivity index (χ1v) is 10.8. The molecule has 1 N–H and O–H groups in total. The molecule has 0 aliphatic carbocycles. The third-order valence-electron chi connectivity index (χ3n) is 5.20. The molecular formula is C18H25N5O4S. The minimum atomic E-state index is -3.74. The van der Waals surface area contributed by atoms with Gasteiger partial charge in [-0.15, -0.1) is 12.3 Å². The van der Waals surface area contributed by atoms with Gasteiger partial charge in [-0.2, -0.15) is 14.5 Å². The Balaban J connectivity index is 1.56. The van der Waals surface area contributed by atoms with Gasteiger partial charge < -0.3 is 9.84 Å². The maximum atomic E-state index is 13.0. The quantitative estimate of drug-likeness (QED) is 0.659. The Morgan fingerprint density at radius 1 is 1.39 bits per heavy atom. The lowest BCUT2D eigenvalue weighted by molar-refractivity contribution is -0.126. The highest BCUT2D eigenvalue weighted by atomic mass is 32.2. The molecule has 10 heteroatoms. The molecule has 1 aromatic rings. The van der Waals surface area contributed by atoms with Crippen LogP contribution in [-0.4, -0.2) is 49.1 Å². The van der Waals surface area contributed by atoms with Crippen molar-refractivity contribution in [1.29, 1.82) is 0 Å². The maximum absolute atomic E-state index is 13.0. The van der Waals surface area contributed by atoms with Crippen molar-refractivity contribution < 1.29 is 17.7 Å². The number of hydrogen-bond acceptors (Lipinski definition) is 7. The van der Waals surface area contributed by atoms with Crippen LogP contribution >= 0.6 is 0 Å². The largest absolute Gasteiger partial charge is 0.360 e. The second-order valence-electron chi connectivity index (χ2n) is 7.28. The SMILES string of the molecule is C#CCCC1(CCNC(=O)C2CCCN(S(=O)(=O)c3c(C)noc3C)C2)N=N1. The monoisotopic (exact) mass is 407 g/mol. The number of carbonyl (C=O) groups is 1. The first kappa shape index (κ1) is 20.5. The number of carbonyl (C=O) groups excluding carboxylic acids is 1. The van der Waals surface area contributed by atoms with Crippen LogP contribution in [0.2, 0.25) is 0 Å². The van der Waals surface area contributed by atoms with E-state index in [9.17, 15) is 13.2 Å². The molecule has 1 atom stereocenters. The smallest absolute Gasteiger partial charge is 0.248 e. The van der Waals surface area contributed by atoms with Crippen molar-refractivity contribution in [2.45, 2.75) is 56.5 Å². The zero-order valence-corrected chi connectivity index (χ0v) is 17.0. The molecule has 0 radical (unpaired) electrons. The van der Waals surface area contributed by atoms with Crippen LogP contribution in [-0.2, 0) is 14.8 Å². The van der Waals surface area contributed by atoms with E-state index in [1.807, 2.05) is 0 Å². The molecule has 0 saturated carbocycles. The fraction of sp³-hybridized carbons (Fsp3) is 0.667. The fourth-order valence-electron chi connectivity index (χ4n) is 3.55. The lowest BCUT2D eigenvalue weighted by Gasteiger charge is -2.31. The van der Waals surface area contributed by atoms with Crippen molar-refractivity contribution in [2.75, 3.05) is 19.6 Å². The van der Waals surface area contributed by atoms with Crippen molar-refractivity contribution in [3.05, 3.63) is 11.5 Å². The second kappa shape index (κ2) is 8.01. The zero-order valence-electron chi connectivity index (χ0n) is 16.1. The van der Waals surface area contributed by atoms with Gasteiger partial charge >= 0.3 is 0 Å². The summed E-state index contributed by atoms with van der Waals surface area (Å²) in [4.78, 5) is 12.7. The predicted molar refractivity (Wildman–Crippen MR) is 101 cm³/mol. The van der Waals surface area contributed by atoms with Crippen LogP contribution in [0.5, 0.6) is 0 Å². The van der Waals surface area contributed by atoms with Gasteiger partial charge in [-0.05, 0) is 26.7 Å². The number of nitrogens with one attached hydrogen (secondary N) is 1. The lowest BCUT2D eigenvalue weighted by atomic mass is 9.98. The molecule has 0 aromatic carbocycles. The molecule has 3 heterocycles. The summed E-state index contributed by atoms with van der Waals surface area (Å²) in [7, 11) is -3.74. The molecular weight excluding hydrogens is 382 g/mol. The Kier molecular flexibility index (Phi) is 5.86.